The van der Waals surface area contributed by atoms with Crippen molar-refractivity contribution in [2.45, 2.75) is 0 Å². The molecule has 0 radical (unpaired) electrons. The maximum absolute atomic E-state index is 9.88. The second kappa shape index (κ2) is 5.07. The van der Waals surface area contributed by atoms with Gasteiger partial charge in [-0.3, -0.25) is 4.70 Å². The van der Waals surface area contributed by atoms with Crippen LogP contribution in [0.1, 0.15) is 0 Å². The normalized spacial score (nSPS) is 5.40. The molecule has 5 heavy (non-hydrogen) atoms. The van der Waals surface area contributed by atoms with Crippen molar-refractivity contribution in [1.29, 1.82) is 0 Å². The third kappa shape index (κ3) is 41.7. The number of hydrogen-bond acceptors (Lipinski definition) is 0. The fourth-order valence-corrected chi connectivity index (χ4v) is 0. The summed E-state index contributed by atoms with van der Waals surface area (Å²) >= 11 is -5.16. The molecule has 0 spiro atoms. The summed E-state index contributed by atoms with van der Waals surface area (Å²) in [5.41, 5.74) is 0. The van der Waals surface area contributed by atoms with Crippen LogP contribution in [-0.2, 0) is 0 Å². The van der Waals surface area contributed by atoms with E-state index in [1.807, 2.05) is 0 Å². The van der Waals surface area contributed by atoms with Gasteiger partial charge in [0.25, 0.3) is 0 Å². The Labute approximate surface area is 44.5 Å². The van der Waals surface area contributed by atoms with Gasteiger partial charge in [-0.15, -0.1) is 0 Å². The van der Waals surface area contributed by atoms with Crippen LogP contribution in [0.5, 0.6) is 0 Å². The molecule has 0 atom stereocenters. The molecule has 0 bridgehead atoms. The van der Waals surface area contributed by atoms with Crippen molar-refractivity contribution in [2.75, 3.05) is 0 Å². The molecule has 0 heterocycles. The molecule has 0 fully saturated rings. The van der Waals surface area contributed by atoms with E-state index in [0.29, 0.717) is 0 Å². The van der Waals surface area contributed by atoms with Crippen LogP contribution in [0.4, 0.5) is 7.74 Å². The standard InChI is InChI=1S/4FH.Nd/h4*1H;/q;;;;+3/p-3. The molecule has 0 aromatic rings. The van der Waals surface area contributed by atoms with Gasteiger partial charge >= 0.3 is 40.1 Å². The second-order valence-corrected chi connectivity index (χ2v) is 1.59. The maximum atomic E-state index is 9.88. The van der Waals surface area contributed by atoms with Gasteiger partial charge in [-0.05, 0) is 0 Å². The first kappa shape index (κ1) is 9.42. The van der Waals surface area contributed by atoms with Crippen molar-refractivity contribution >= 4 is 0 Å². The van der Waals surface area contributed by atoms with Crippen LogP contribution in [0, 0.1) is 37.1 Å². The third-order valence-electron chi connectivity index (χ3n) is 0. The van der Waals surface area contributed by atoms with Crippen molar-refractivity contribution in [2.24, 2.45) is 0 Å². The Morgan fingerprint density at radius 1 is 1.00 bits per heavy atom. The summed E-state index contributed by atoms with van der Waals surface area (Å²) in [6, 6.07) is 0. The summed E-state index contributed by atoms with van der Waals surface area (Å²) in [4.78, 5) is 0. The first-order valence-electron chi connectivity index (χ1n) is 0.567. The van der Waals surface area contributed by atoms with Crippen LogP contribution in [0.2, 0.25) is 0 Å². The number of hydrogen-bond donors (Lipinski definition) is 0. The quantitative estimate of drug-likeness (QED) is 0.543. The summed E-state index contributed by atoms with van der Waals surface area (Å²) in [5, 5.41) is 0. The van der Waals surface area contributed by atoms with Gasteiger partial charge in [-0.25, -0.2) is 0 Å². The molecule has 0 unspecified atom stereocenters. The summed E-state index contributed by atoms with van der Waals surface area (Å²) in [5.74, 6) is 0. The fourth-order valence-electron chi connectivity index (χ4n) is 0. The van der Waals surface area contributed by atoms with E-state index in [2.05, 4.69) is 0 Å². The molecule has 33 valence electrons. The molecule has 0 aliphatic carbocycles. The van der Waals surface area contributed by atoms with Crippen LogP contribution in [-0.4, -0.2) is 0 Å². The SMILES string of the molecule is F.[F][Nd]([F])[F]. The second-order valence-electron chi connectivity index (χ2n) is 0.214. The minimum atomic E-state index is -5.16. The van der Waals surface area contributed by atoms with Gasteiger partial charge in [0.05, 0.1) is 0 Å². The van der Waals surface area contributed by atoms with Crippen LogP contribution in [0.3, 0.4) is 0 Å². The predicted molar refractivity (Wildman–Crippen MR) is 5.83 cm³/mol. The van der Waals surface area contributed by atoms with E-state index in [4.69, 9.17) is 0 Å². The van der Waals surface area contributed by atoms with Crippen molar-refractivity contribution in [3.05, 3.63) is 0 Å². The van der Waals surface area contributed by atoms with E-state index in [1.165, 1.54) is 0 Å². The van der Waals surface area contributed by atoms with Gasteiger partial charge in [0.2, 0.25) is 0 Å². The molecule has 0 aliphatic rings. The van der Waals surface area contributed by atoms with Crippen LogP contribution in [0.25, 0.3) is 0 Å². The van der Waals surface area contributed by atoms with Crippen molar-refractivity contribution < 1.29 is 44.8 Å². The van der Waals surface area contributed by atoms with Crippen molar-refractivity contribution in [1.82, 2.24) is 0 Å². The molecular weight excluding hydrogens is 220 g/mol. The topological polar surface area (TPSA) is 0 Å². The Morgan fingerprint density at radius 3 is 1.00 bits per heavy atom. The zero-order chi connectivity index (χ0) is 3.58. The summed E-state index contributed by atoms with van der Waals surface area (Å²) in [6.45, 7) is 0. The monoisotopic (exact) mass is 219 g/mol. The minimum absolute atomic E-state index is 0. The van der Waals surface area contributed by atoms with Gasteiger partial charge in [-0.1, -0.05) is 0 Å². The van der Waals surface area contributed by atoms with Gasteiger partial charge in [0.15, 0.2) is 0 Å². The zero-order valence-electron chi connectivity index (χ0n) is 2.04. The molecule has 0 N–H and O–H groups in total. The fraction of sp³-hybridized carbons (Fsp3) is 0. The summed E-state index contributed by atoms with van der Waals surface area (Å²) in [7, 11) is 0. The number of rotatable bonds is 0. The Balaban J connectivity index is 0. The summed E-state index contributed by atoms with van der Waals surface area (Å²) in [6.07, 6.45) is 0. The molecule has 0 aromatic heterocycles. The Morgan fingerprint density at radius 2 is 1.00 bits per heavy atom. The first-order chi connectivity index (χ1) is 1.73. The Hall–Kier alpha value is 1.07. The first-order valence-corrected chi connectivity index (χ1v) is 4.20. The number of halogens is 4. The van der Waals surface area contributed by atoms with Gasteiger partial charge < -0.3 is 0 Å². The van der Waals surface area contributed by atoms with Gasteiger partial charge in [0, 0.05) is 0 Å². The van der Waals surface area contributed by atoms with E-state index in [0.717, 1.165) is 0 Å². The molecule has 0 aliphatic heterocycles. The average molecular weight is 221 g/mol. The molecule has 0 saturated heterocycles. The van der Waals surface area contributed by atoms with E-state index in [-0.39, 0.29) is 4.70 Å². The molecular formula is HF4Nd. The van der Waals surface area contributed by atoms with E-state index in [1.54, 1.807) is 0 Å². The van der Waals surface area contributed by atoms with E-state index < -0.39 is 37.1 Å². The van der Waals surface area contributed by atoms with Gasteiger partial charge in [-0.2, -0.15) is 0 Å². The predicted octanol–water partition coefficient (Wildman–Crippen LogP) is 1.41. The van der Waals surface area contributed by atoms with Crippen LogP contribution >= 0.6 is 0 Å². The molecule has 0 amide bonds. The molecule has 0 nitrogen and oxygen atoms in total. The average Bonchev–Trinajstić information content (AvgIpc) is 0.811. The Bertz CT molecular complexity index is 8.36. The van der Waals surface area contributed by atoms with Crippen LogP contribution in [0.15, 0.2) is 0 Å². The van der Waals surface area contributed by atoms with E-state index >= 15 is 0 Å². The molecule has 0 saturated carbocycles. The van der Waals surface area contributed by atoms with Crippen LogP contribution < -0.4 is 0 Å². The summed E-state index contributed by atoms with van der Waals surface area (Å²) < 4.78 is 29.6. The molecule has 0 aromatic carbocycles. The zero-order valence-corrected chi connectivity index (χ0v) is 5.25. The van der Waals surface area contributed by atoms with Crippen molar-refractivity contribution in [3.8, 4) is 0 Å². The van der Waals surface area contributed by atoms with Gasteiger partial charge in [0.1, 0.15) is 0 Å². The van der Waals surface area contributed by atoms with Crippen molar-refractivity contribution in [3.63, 3.8) is 0 Å². The Kier molecular flexibility index (Phi) is 9.55. The molecule has 0 rings (SSSR count). The molecule has 5 heteroatoms. The third-order valence-corrected chi connectivity index (χ3v) is 0. The van der Waals surface area contributed by atoms with E-state index in [9.17, 15) is 3.04 Å².